The molecule has 0 fully saturated rings. The maximum atomic E-state index is 12.4. The molecule has 5 heteroatoms. The first-order valence-corrected chi connectivity index (χ1v) is 6.11. The second-order valence-corrected chi connectivity index (χ2v) is 4.57. The zero-order chi connectivity index (χ0) is 14.2. The normalized spacial score (nSPS) is 21.3. The van der Waals surface area contributed by atoms with Crippen molar-refractivity contribution in [3.8, 4) is 5.75 Å². The average Bonchev–Trinajstić information content (AvgIpc) is 2.62. The van der Waals surface area contributed by atoms with Crippen LogP contribution in [0.2, 0.25) is 0 Å². The van der Waals surface area contributed by atoms with Gasteiger partial charge in [-0.05, 0) is 19.9 Å². The number of amides is 1. The Labute approximate surface area is 112 Å². The van der Waals surface area contributed by atoms with E-state index in [9.17, 15) is 9.59 Å². The zero-order valence-electron chi connectivity index (χ0n) is 11.5. The van der Waals surface area contributed by atoms with E-state index in [4.69, 9.17) is 9.47 Å². The lowest BCUT2D eigenvalue weighted by Gasteiger charge is -2.20. The molecule has 5 nitrogen and oxygen atoms in total. The lowest BCUT2D eigenvalue weighted by Crippen LogP contribution is -2.43. The van der Waals surface area contributed by atoms with E-state index in [2.05, 4.69) is 0 Å². The van der Waals surface area contributed by atoms with Gasteiger partial charge in [0.05, 0.1) is 19.4 Å². The number of esters is 1. The van der Waals surface area contributed by atoms with Gasteiger partial charge in [0.2, 0.25) is 5.91 Å². The van der Waals surface area contributed by atoms with Crippen molar-refractivity contribution in [2.24, 2.45) is 0 Å². The third-order valence-electron chi connectivity index (χ3n) is 3.51. The molecule has 1 aromatic carbocycles. The van der Waals surface area contributed by atoms with Crippen molar-refractivity contribution >= 4 is 17.6 Å². The van der Waals surface area contributed by atoms with Gasteiger partial charge >= 0.3 is 5.97 Å². The van der Waals surface area contributed by atoms with Gasteiger partial charge in [-0.1, -0.05) is 12.1 Å². The number of anilines is 1. The summed E-state index contributed by atoms with van der Waals surface area (Å²) < 4.78 is 10.3. The Morgan fingerprint density at radius 1 is 1.42 bits per heavy atom. The minimum Gasteiger partial charge on any atom is -0.495 e. The van der Waals surface area contributed by atoms with E-state index >= 15 is 0 Å². The first kappa shape index (κ1) is 13.4. The lowest BCUT2D eigenvalue weighted by atomic mass is 9.84. The van der Waals surface area contributed by atoms with Crippen LogP contribution in [0.4, 0.5) is 5.69 Å². The smallest absolute Gasteiger partial charge is 0.326 e. The molecular weight excluding hydrogens is 246 g/mol. The molecule has 1 aromatic rings. The van der Waals surface area contributed by atoms with Crippen LogP contribution < -0.4 is 9.64 Å². The van der Waals surface area contributed by atoms with Gasteiger partial charge in [0.25, 0.3) is 0 Å². The first-order valence-electron chi connectivity index (χ1n) is 6.11. The van der Waals surface area contributed by atoms with Gasteiger partial charge in [0, 0.05) is 12.6 Å². The molecule has 0 aromatic heterocycles. The van der Waals surface area contributed by atoms with Crippen molar-refractivity contribution in [3.63, 3.8) is 0 Å². The topological polar surface area (TPSA) is 55.8 Å². The van der Waals surface area contributed by atoms with Crippen LogP contribution in [0.25, 0.3) is 0 Å². The van der Waals surface area contributed by atoms with E-state index < -0.39 is 11.4 Å². The van der Waals surface area contributed by atoms with Gasteiger partial charge in [-0.25, -0.2) is 0 Å². The van der Waals surface area contributed by atoms with Crippen LogP contribution in [0, 0.1) is 0 Å². The molecular formula is C14H17NO4. The molecule has 1 unspecified atom stereocenters. The van der Waals surface area contributed by atoms with E-state index in [1.807, 2.05) is 0 Å². The summed E-state index contributed by atoms with van der Waals surface area (Å²) in [6.07, 6.45) is 0. The summed E-state index contributed by atoms with van der Waals surface area (Å²) in [6.45, 7) is 3.55. The molecule has 102 valence electrons. The van der Waals surface area contributed by atoms with Crippen molar-refractivity contribution in [1.29, 1.82) is 0 Å². The summed E-state index contributed by atoms with van der Waals surface area (Å²) in [5.74, 6) is -0.259. The summed E-state index contributed by atoms with van der Waals surface area (Å²) in [4.78, 5) is 26.1. The molecule has 2 rings (SSSR count). The Balaban J connectivity index is 2.63. The van der Waals surface area contributed by atoms with Crippen LogP contribution in [0.5, 0.6) is 5.75 Å². The lowest BCUT2D eigenvalue weighted by molar-refractivity contribution is -0.152. The molecule has 1 amide bonds. The van der Waals surface area contributed by atoms with Crippen molar-refractivity contribution < 1.29 is 19.1 Å². The number of nitrogens with zero attached hydrogens (tertiary/aromatic N) is 1. The second-order valence-electron chi connectivity index (χ2n) is 4.57. The van der Waals surface area contributed by atoms with Crippen LogP contribution in [-0.2, 0) is 19.7 Å². The minimum absolute atomic E-state index is 0.241. The van der Waals surface area contributed by atoms with Gasteiger partial charge in [-0.15, -0.1) is 0 Å². The van der Waals surface area contributed by atoms with Gasteiger partial charge < -0.3 is 14.4 Å². The highest BCUT2D eigenvalue weighted by Gasteiger charge is 2.54. The molecule has 1 aliphatic heterocycles. The molecule has 0 radical (unpaired) electrons. The fourth-order valence-electron chi connectivity index (χ4n) is 2.46. The number of likely N-dealkylation sites (N-methyl/N-ethyl adjacent to an activating group) is 1. The Kier molecular flexibility index (Phi) is 3.22. The first-order chi connectivity index (χ1) is 8.98. The molecule has 1 atom stereocenters. The van der Waals surface area contributed by atoms with Gasteiger partial charge in [0.15, 0.2) is 5.41 Å². The van der Waals surface area contributed by atoms with E-state index in [1.165, 1.54) is 12.0 Å². The average molecular weight is 263 g/mol. The SMILES string of the molecule is CCOC(=O)C1(C)C(=O)N(C)c2c(OC)cccc21. The van der Waals surface area contributed by atoms with Crippen molar-refractivity contribution in [3.05, 3.63) is 23.8 Å². The Morgan fingerprint density at radius 3 is 2.68 bits per heavy atom. The quantitative estimate of drug-likeness (QED) is 0.612. The number of methoxy groups -OCH3 is 1. The third kappa shape index (κ3) is 1.69. The van der Waals surface area contributed by atoms with Gasteiger partial charge in [0.1, 0.15) is 5.75 Å². The highest BCUT2D eigenvalue weighted by atomic mass is 16.5. The molecule has 0 spiro atoms. The predicted octanol–water partition coefficient (Wildman–Crippen LogP) is 1.49. The molecule has 0 bridgehead atoms. The largest absolute Gasteiger partial charge is 0.495 e. The molecule has 0 saturated heterocycles. The predicted molar refractivity (Wildman–Crippen MR) is 70.4 cm³/mol. The molecule has 19 heavy (non-hydrogen) atoms. The third-order valence-corrected chi connectivity index (χ3v) is 3.51. The van der Waals surface area contributed by atoms with Crippen LogP contribution in [0.3, 0.4) is 0 Å². The number of para-hydroxylation sites is 1. The van der Waals surface area contributed by atoms with Crippen LogP contribution in [-0.4, -0.2) is 32.6 Å². The van der Waals surface area contributed by atoms with Crippen molar-refractivity contribution in [2.75, 3.05) is 25.7 Å². The van der Waals surface area contributed by atoms with Crippen molar-refractivity contribution in [2.45, 2.75) is 19.3 Å². The maximum absolute atomic E-state index is 12.4. The molecule has 0 saturated carbocycles. The summed E-state index contributed by atoms with van der Waals surface area (Å²) in [5, 5.41) is 0. The van der Waals surface area contributed by atoms with Gasteiger partial charge in [-0.2, -0.15) is 0 Å². The van der Waals surface area contributed by atoms with Crippen LogP contribution >= 0.6 is 0 Å². The highest BCUT2D eigenvalue weighted by Crippen LogP contribution is 2.46. The zero-order valence-corrected chi connectivity index (χ0v) is 11.5. The summed E-state index contributed by atoms with van der Waals surface area (Å²) in [7, 11) is 3.17. The van der Waals surface area contributed by atoms with E-state index in [0.29, 0.717) is 17.0 Å². The fraction of sp³-hybridized carbons (Fsp3) is 0.429. The number of fused-ring (bicyclic) bond motifs is 1. The number of carbonyl (C=O) groups excluding carboxylic acids is 2. The second kappa shape index (κ2) is 4.57. The maximum Gasteiger partial charge on any atom is 0.326 e. The van der Waals surface area contributed by atoms with Gasteiger partial charge in [-0.3, -0.25) is 9.59 Å². The van der Waals surface area contributed by atoms with Crippen molar-refractivity contribution in [1.82, 2.24) is 0 Å². The van der Waals surface area contributed by atoms with E-state index in [1.54, 1.807) is 39.1 Å². The standard InChI is InChI=1S/C14H17NO4/c1-5-19-13(17)14(2)9-7-6-8-10(18-4)11(9)15(3)12(14)16/h6-8H,5H2,1-4H3. The number of ether oxygens (including phenoxy) is 2. The number of hydrogen-bond donors (Lipinski definition) is 0. The number of hydrogen-bond acceptors (Lipinski definition) is 4. The van der Waals surface area contributed by atoms with Crippen LogP contribution in [0.15, 0.2) is 18.2 Å². The Hall–Kier alpha value is -2.04. The number of benzene rings is 1. The minimum atomic E-state index is -1.30. The highest BCUT2D eigenvalue weighted by molar-refractivity contribution is 6.20. The summed E-state index contributed by atoms with van der Waals surface area (Å²) in [5.41, 5.74) is -0.0439. The summed E-state index contributed by atoms with van der Waals surface area (Å²) in [6, 6.07) is 5.29. The molecule has 1 heterocycles. The number of carbonyl (C=O) groups is 2. The fourth-order valence-corrected chi connectivity index (χ4v) is 2.46. The molecule has 0 N–H and O–H groups in total. The Bertz CT molecular complexity index is 540. The Morgan fingerprint density at radius 2 is 2.11 bits per heavy atom. The number of rotatable bonds is 3. The van der Waals surface area contributed by atoms with Crippen LogP contribution in [0.1, 0.15) is 19.4 Å². The molecule has 1 aliphatic rings. The van der Waals surface area contributed by atoms with E-state index in [-0.39, 0.29) is 12.5 Å². The summed E-state index contributed by atoms with van der Waals surface area (Å²) >= 11 is 0. The molecule has 0 aliphatic carbocycles. The van der Waals surface area contributed by atoms with E-state index in [0.717, 1.165) is 0 Å². The monoisotopic (exact) mass is 263 g/mol.